The number of amides is 1. The summed E-state index contributed by atoms with van der Waals surface area (Å²) in [6.07, 6.45) is 3.09. The third kappa shape index (κ3) is 5.11. The molecule has 2 aromatic carbocycles. The summed E-state index contributed by atoms with van der Waals surface area (Å²) in [4.78, 5) is 17.9. The number of hydrogen-bond donors (Lipinski definition) is 0. The highest BCUT2D eigenvalue weighted by molar-refractivity contribution is 5.95. The van der Waals surface area contributed by atoms with Crippen LogP contribution >= 0.6 is 0 Å². The number of ether oxygens (including phenoxy) is 1. The summed E-state index contributed by atoms with van der Waals surface area (Å²) in [6, 6.07) is 17.5. The highest BCUT2D eigenvalue weighted by Crippen LogP contribution is 2.35. The maximum absolute atomic E-state index is 13.7. The van der Waals surface area contributed by atoms with Crippen LogP contribution in [0.25, 0.3) is 11.3 Å². The fourth-order valence-corrected chi connectivity index (χ4v) is 4.47. The van der Waals surface area contributed by atoms with Gasteiger partial charge in [-0.05, 0) is 50.3 Å². The fraction of sp³-hybridized carbons (Fsp3) is 0.429. The molecule has 3 aromatic rings. The van der Waals surface area contributed by atoms with Gasteiger partial charge in [0.1, 0.15) is 11.4 Å². The maximum atomic E-state index is 13.7. The van der Waals surface area contributed by atoms with E-state index >= 15 is 0 Å². The van der Waals surface area contributed by atoms with Crippen molar-refractivity contribution in [1.29, 1.82) is 0 Å². The fourth-order valence-electron chi connectivity index (χ4n) is 4.47. The molecule has 0 radical (unpaired) electrons. The van der Waals surface area contributed by atoms with Gasteiger partial charge in [-0.3, -0.25) is 4.79 Å². The van der Waals surface area contributed by atoms with Gasteiger partial charge in [-0.25, -0.2) is 0 Å². The quantitative estimate of drug-likeness (QED) is 0.410. The zero-order valence-electron chi connectivity index (χ0n) is 20.7. The standard InChI is InChI=1S/C28H35N3O3/c1-5-21(3)31(27(32)23-12-9-13-24(18-23)33-4)19-25-26(22-10-7-6-8-11-22)29-34-28(25)30-16-14-20(2)15-17-30/h6-13,18,20-21H,5,14-17,19H2,1-4H3. The van der Waals surface area contributed by atoms with Gasteiger partial charge < -0.3 is 19.1 Å². The second-order valence-corrected chi connectivity index (χ2v) is 9.27. The average Bonchev–Trinajstić information content (AvgIpc) is 3.31. The van der Waals surface area contributed by atoms with Gasteiger partial charge in [-0.1, -0.05) is 55.4 Å². The normalized spacial score (nSPS) is 15.2. The van der Waals surface area contributed by atoms with Crippen LogP contribution in [0, 0.1) is 5.92 Å². The van der Waals surface area contributed by atoms with Gasteiger partial charge in [0.25, 0.3) is 5.91 Å². The zero-order valence-corrected chi connectivity index (χ0v) is 20.7. The van der Waals surface area contributed by atoms with Gasteiger partial charge in [0, 0.05) is 30.3 Å². The Labute approximate surface area is 202 Å². The number of rotatable bonds is 8. The van der Waals surface area contributed by atoms with Crippen molar-refractivity contribution in [3.05, 3.63) is 65.7 Å². The minimum Gasteiger partial charge on any atom is -0.497 e. The maximum Gasteiger partial charge on any atom is 0.254 e. The van der Waals surface area contributed by atoms with Crippen LogP contribution in [-0.4, -0.2) is 42.2 Å². The van der Waals surface area contributed by atoms with Crippen LogP contribution < -0.4 is 9.64 Å². The van der Waals surface area contributed by atoms with Crippen molar-refractivity contribution in [1.82, 2.24) is 10.1 Å². The van der Waals surface area contributed by atoms with Crippen molar-refractivity contribution in [2.45, 2.75) is 52.6 Å². The van der Waals surface area contributed by atoms with Crippen LogP contribution in [0.1, 0.15) is 56.0 Å². The number of piperidine rings is 1. The zero-order chi connectivity index (χ0) is 24.1. The molecular formula is C28H35N3O3. The molecule has 4 rings (SSSR count). The molecule has 0 saturated carbocycles. The van der Waals surface area contributed by atoms with Crippen molar-refractivity contribution < 1.29 is 14.1 Å². The summed E-state index contributed by atoms with van der Waals surface area (Å²) in [5.41, 5.74) is 3.39. The minimum atomic E-state index is -0.0216. The number of methoxy groups -OCH3 is 1. The molecule has 1 fully saturated rings. The summed E-state index contributed by atoms with van der Waals surface area (Å²) < 4.78 is 11.3. The molecule has 1 atom stereocenters. The lowest BCUT2D eigenvalue weighted by molar-refractivity contribution is 0.0671. The summed E-state index contributed by atoms with van der Waals surface area (Å²) in [5, 5.41) is 4.50. The molecule has 0 bridgehead atoms. The predicted octanol–water partition coefficient (Wildman–Crippen LogP) is 6.03. The molecular weight excluding hydrogens is 426 g/mol. The molecule has 6 nitrogen and oxygen atoms in total. The highest BCUT2D eigenvalue weighted by Gasteiger charge is 2.30. The Morgan fingerprint density at radius 3 is 2.59 bits per heavy atom. The first-order chi connectivity index (χ1) is 16.5. The van der Waals surface area contributed by atoms with Gasteiger partial charge in [0.05, 0.1) is 19.2 Å². The lowest BCUT2D eigenvalue weighted by Crippen LogP contribution is -2.39. The second kappa shape index (κ2) is 10.8. The average molecular weight is 462 g/mol. The first-order valence-electron chi connectivity index (χ1n) is 12.3. The lowest BCUT2D eigenvalue weighted by Gasteiger charge is -2.32. The van der Waals surface area contributed by atoms with Crippen molar-refractivity contribution in [2.24, 2.45) is 5.92 Å². The molecule has 6 heteroatoms. The predicted molar refractivity (Wildman–Crippen MR) is 135 cm³/mol. The van der Waals surface area contributed by atoms with E-state index in [1.807, 2.05) is 53.4 Å². The summed E-state index contributed by atoms with van der Waals surface area (Å²) in [6.45, 7) is 8.80. The Kier molecular flexibility index (Phi) is 7.56. The molecule has 1 amide bonds. The number of benzene rings is 2. The van der Waals surface area contributed by atoms with Crippen molar-refractivity contribution >= 4 is 11.8 Å². The second-order valence-electron chi connectivity index (χ2n) is 9.27. The molecule has 0 aliphatic carbocycles. The molecule has 1 aliphatic heterocycles. The smallest absolute Gasteiger partial charge is 0.254 e. The van der Waals surface area contributed by atoms with E-state index in [4.69, 9.17) is 9.26 Å². The summed E-state index contributed by atoms with van der Waals surface area (Å²) >= 11 is 0. The van der Waals surface area contributed by atoms with Gasteiger partial charge in [0.15, 0.2) is 0 Å². The van der Waals surface area contributed by atoms with Gasteiger partial charge in [0.2, 0.25) is 5.88 Å². The molecule has 2 heterocycles. The first-order valence-corrected chi connectivity index (χ1v) is 12.3. The number of aromatic nitrogens is 1. The van der Waals surface area contributed by atoms with Gasteiger partial charge in [-0.2, -0.15) is 0 Å². The molecule has 1 unspecified atom stereocenters. The van der Waals surface area contributed by atoms with E-state index in [-0.39, 0.29) is 11.9 Å². The Balaban J connectivity index is 1.73. The third-order valence-corrected chi connectivity index (χ3v) is 6.91. The first kappa shape index (κ1) is 23.9. The summed E-state index contributed by atoms with van der Waals surface area (Å²) in [5.74, 6) is 2.15. The van der Waals surface area contributed by atoms with Crippen molar-refractivity contribution in [3.63, 3.8) is 0 Å². The summed E-state index contributed by atoms with van der Waals surface area (Å²) in [7, 11) is 1.62. The SMILES string of the molecule is CCC(C)N(Cc1c(-c2ccccc2)noc1N1CCC(C)CC1)C(=O)c1cccc(OC)c1. The monoisotopic (exact) mass is 461 g/mol. The van der Waals surface area contributed by atoms with Crippen LogP contribution in [0.15, 0.2) is 59.1 Å². The number of hydrogen-bond acceptors (Lipinski definition) is 5. The largest absolute Gasteiger partial charge is 0.497 e. The Morgan fingerprint density at radius 1 is 1.18 bits per heavy atom. The van der Waals surface area contributed by atoms with Gasteiger partial charge >= 0.3 is 0 Å². The van der Waals surface area contributed by atoms with Crippen LogP contribution in [0.4, 0.5) is 5.88 Å². The molecule has 180 valence electrons. The number of nitrogens with zero attached hydrogens (tertiary/aromatic N) is 3. The Bertz CT molecular complexity index is 1090. The minimum absolute atomic E-state index is 0.0216. The van der Waals surface area contributed by atoms with E-state index in [0.29, 0.717) is 23.8 Å². The molecule has 1 aromatic heterocycles. The molecule has 0 N–H and O–H groups in total. The third-order valence-electron chi connectivity index (χ3n) is 6.91. The number of anilines is 1. The van der Waals surface area contributed by atoms with Crippen LogP contribution in [0.5, 0.6) is 5.75 Å². The van der Waals surface area contributed by atoms with Crippen LogP contribution in [0.3, 0.4) is 0 Å². The topological polar surface area (TPSA) is 58.8 Å². The van der Waals surface area contributed by atoms with E-state index in [2.05, 4.69) is 30.8 Å². The van der Waals surface area contributed by atoms with Crippen LogP contribution in [-0.2, 0) is 6.54 Å². The Morgan fingerprint density at radius 2 is 1.91 bits per heavy atom. The van der Waals surface area contributed by atoms with Crippen molar-refractivity contribution in [2.75, 3.05) is 25.1 Å². The number of carbonyl (C=O) groups excluding carboxylic acids is 1. The van der Waals surface area contributed by atoms with E-state index < -0.39 is 0 Å². The molecule has 1 aliphatic rings. The van der Waals surface area contributed by atoms with Gasteiger partial charge in [-0.15, -0.1) is 0 Å². The van der Waals surface area contributed by atoms with E-state index in [9.17, 15) is 4.79 Å². The molecule has 0 spiro atoms. The molecule has 1 saturated heterocycles. The van der Waals surface area contributed by atoms with E-state index in [1.165, 1.54) is 0 Å². The van der Waals surface area contributed by atoms with E-state index in [1.54, 1.807) is 13.2 Å². The Hall–Kier alpha value is -3.28. The van der Waals surface area contributed by atoms with E-state index in [0.717, 1.165) is 55.1 Å². The highest BCUT2D eigenvalue weighted by atomic mass is 16.5. The number of carbonyl (C=O) groups is 1. The lowest BCUT2D eigenvalue weighted by atomic mass is 9.98. The van der Waals surface area contributed by atoms with Crippen LogP contribution in [0.2, 0.25) is 0 Å². The molecule has 34 heavy (non-hydrogen) atoms. The van der Waals surface area contributed by atoms with Crippen molar-refractivity contribution in [3.8, 4) is 17.0 Å².